The molecular formula is C21H36IN5O3. The lowest BCUT2D eigenvalue weighted by atomic mass is 10.1. The Morgan fingerprint density at radius 2 is 1.77 bits per heavy atom. The number of rotatable bonds is 7. The molecule has 1 rings (SSSR count). The third kappa shape index (κ3) is 11.2. The van der Waals surface area contributed by atoms with Crippen molar-refractivity contribution in [2.75, 3.05) is 27.2 Å². The molecule has 1 aromatic rings. The van der Waals surface area contributed by atoms with E-state index in [0.717, 1.165) is 12.0 Å². The second-order valence-electron chi connectivity index (χ2n) is 8.39. The molecular weight excluding hydrogens is 497 g/mol. The maximum atomic E-state index is 12.0. The van der Waals surface area contributed by atoms with Crippen LogP contribution >= 0.6 is 24.0 Å². The Bertz CT molecular complexity index is 730. The van der Waals surface area contributed by atoms with Crippen LogP contribution in [0, 0.1) is 0 Å². The van der Waals surface area contributed by atoms with E-state index in [1.165, 1.54) is 0 Å². The molecule has 0 aliphatic rings. The van der Waals surface area contributed by atoms with E-state index in [0.29, 0.717) is 24.6 Å². The molecule has 0 saturated heterocycles. The summed E-state index contributed by atoms with van der Waals surface area (Å²) >= 11 is 0. The lowest BCUT2D eigenvalue weighted by molar-refractivity contribution is 0.0473. The summed E-state index contributed by atoms with van der Waals surface area (Å²) in [7, 11) is 3.31. The number of alkyl carbamates (subject to hydrolysis) is 1. The minimum absolute atomic E-state index is 0. The van der Waals surface area contributed by atoms with Crippen LogP contribution in [0.15, 0.2) is 29.3 Å². The Morgan fingerprint density at radius 1 is 1.10 bits per heavy atom. The number of aliphatic imine (C=N–C) groups is 1. The number of benzene rings is 1. The molecule has 1 aromatic carbocycles. The van der Waals surface area contributed by atoms with Crippen molar-refractivity contribution >= 4 is 41.9 Å². The molecule has 0 aliphatic carbocycles. The van der Waals surface area contributed by atoms with Crippen LogP contribution in [-0.4, -0.2) is 56.3 Å². The van der Waals surface area contributed by atoms with Gasteiger partial charge in [0.15, 0.2) is 5.96 Å². The van der Waals surface area contributed by atoms with E-state index in [2.05, 4.69) is 26.3 Å². The van der Waals surface area contributed by atoms with Gasteiger partial charge in [-0.25, -0.2) is 4.79 Å². The lowest BCUT2D eigenvalue weighted by Gasteiger charge is -2.29. The van der Waals surface area contributed by atoms with Crippen LogP contribution in [0.25, 0.3) is 0 Å². The van der Waals surface area contributed by atoms with Crippen molar-refractivity contribution in [3.05, 3.63) is 35.4 Å². The zero-order valence-corrected chi connectivity index (χ0v) is 21.3. The molecule has 9 heteroatoms. The van der Waals surface area contributed by atoms with Crippen LogP contribution in [0.5, 0.6) is 0 Å². The average molecular weight is 533 g/mol. The van der Waals surface area contributed by atoms with E-state index in [1.807, 2.05) is 52.8 Å². The van der Waals surface area contributed by atoms with Crippen molar-refractivity contribution in [1.29, 1.82) is 0 Å². The van der Waals surface area contributed by atoms with E-state index in [9.17, 15) is 9.59 Å². The van der Waals surface area contributed by atoms with Crippen LogP contribution < -0.4 is 21.3 Å². The van der Waals surface area contributed by atoms with E-state index in [1.54, 1.807) is 20.2 Å². The predicted octanol–water partition coefficient (Wildman–Crippen LogP) is 2.68. The maximum Gasteiger partial charge on any atom is 0.408 e. The first kappa shape index (κ1) is 28.0. The molecule has 0 heterocycles. The fourth-order valence-corrected chi connectivity index (χ4v) is 2.49. The van der Waals surface area contributed by atoms with E-state index in [-0.39, 0.29) is 29.9 Å². The van der Waals surface area contributed by atoms with Crippen LogP contribution in [-0.2, 0) is 11.2 Å². The Balaban J connectivity index is 0.00000841. The van der Waals surface area contributed by atoms with Gasteiger partial charge in [0, 0.05) is 32.7 Å². The topological polar surface area (TPSA) is 104 Å². The van der Waals surface area contributed by atoms with Crippen molar-refractivity contribution in [3.63, 3.8) is 0 Å². The predicted molar refractivity (Wildman–Crippen MR) is 132 cm³/mol. The molecule has 170 valence electrons. The third-order valence-electron chi connectivity index (χ3n) is 3.88. The van der Waals surface area contributed by atoms with Gasteiger partial charge in [0.2, 0.25) is 0 Å². The monoisotopic (exact) mass is 533 g/mol. The number of guanidine groups is 1. The number of hydrogen-bond donors (Lipinski definition) is 4. The summed E-state index contributed by atoms with van der Waals surface area (Å²) < 4.78 is 5.30. The second-order valence-corrected chi connectivity index (χ2v) is 8.39. The first-order valence-corrected chi connectivity index (χ1v) is 9.72. The number of carbonyl (C=O) groups is 2. The fraction of sp³-hybridized carbons (Fsp3) is 0.571. The lowest BCUT2D eigenvalue weighted by Crippen LogP contribution is -2.54. The summed E-state index contributed by atoms with van der Waals surface area (Å²) in [6.45, 7) is 10.4. The minimum Gasteiger partial charge on any atom is -0.444 e. The highest BCUT2D eigenvalue weighted by Crippen LogP contribution is 2.09. The minimum atomic E-state index is -0.541. The van der Waals surface area contributed by atoms with Crippen LogP contribution in [0.2, 0.25) is 0 Å². The van der Waals surface area contributed by atoms with Gasteiger partial charge in [0.1, 0.15) is 5.60 Å². The molecule has 8 nitrogen and oxygen atoms in total. The number of carbonyl (C=O) groups excluding carboxylic acids is 2. The number of amides is 2. The molecule has 0 unspecified atom stereocenters. The summed E-state index contributed by atoms with van der Waals surface area (Å²) in [5.74, 6) is 0.531. The van der Waals surface area contributed by atoms with Gasteiger partial charge in [-0.2, -0.15) is 0 Å². The number of halogens is 1. The standard InChI is InChI=1S/C21H35N5O3.HI/c1-20(2,3)29-19(28)26-21(4,5)14-25-18(23-7)24-12-11-15-9-8-10-16(13-15)17(27)22-6;/h8-10,13H,11-12,14H2,1-7H3,(H,22,27)(H,26,28)(H2,23,24,25);1H. The van der Waals surface area contributed by atoms with Crippen molar-refractivity contribution in [3.8, 4) is 0 Å². The van der Waals surface area contributed by atoms with Gasteiger partial charge in [0.05, 0.1) is 5.54 Å². The van der Waals surface area contributed by atoms with Gasteiger partial charge >= 0.3 is 6.09 Å². The van der Waals surface area contributed by atoms with Crippen molar-refractivity contribution in [2.45, 2.75) is 52.2 Å². The Kier molecular flexibility index (Phi) is 11.8. The summed E-state index contributed by atoms with van der Waals surface area (Å²) in [4.78, 5) is 27.9. The summed E-state index contributed by atoms with van der Waals surface area (Å²) in [5, 5.41) is 11.9. The van der Waals surface area contributed by atoms with Gasteiger partial charge in [-0.1, -0.05) is 12.1 Å². The van der Waals surface area contributed by atoms with Crippen molar-refractivity contribution in [1.82, 2.24) is 21.3 Å². The number of ether oxygens (including phenoxy) is 1. The Labute approximate surface area is 197 Å². The third-order valence-corrected chi connectivity index (χ3v) is 3.88. The number of hydrogen-bond acceptors (Lipinski definition) is 4. The smallest absolute Gasteiger partial charge is 0.408 e. The fourth-order valence-electron chi connectivity index (χ4n) is 2.49. The summed E-state index contributed by atoms with van der Waals surface area (Å²) in [6, 6.07) is 7.52. The molecule has 0 spiro atoms. The van der Waals surface area contributed by atoms with Crippen LogP contribution in [0.4, 0.5) is 4.79 Å². The first-order chi connectivity index (χ1) is 13.5. The number of nitrogens with one attached hydrogen (secondary N) is 4. The van der Waals surface area contributed by atoms with Gasteiger partial charge in [-0.05, 0) is 58.7 Å². The van der Waals surface area contributed by atoms with E-state index in [4.69, 9.17) is 4.74 Å². The molecule has 30 heavy (non-hydrogen) atoms. The summed E-state index contributed by atoms with van der Waals surface area (Å²) in [5.41, 5.74) is 0.630. The van der Waals surface area contributed by atoms with Crippen LogP contribution in [0.3, 0.4) is 0 Å². The molecule has 4 N–H and O–H groups in total. The van der Waals surface area contributed by atoms with Gasteiger partial charge in [-0.3, -0.25) is 9.79 Å². The highest BCUT2D eigenvalue weighted by Gasteiger charge is 2.24. The van der Waals surface area contributed by atoms with E-state index >= 15 is 0 Å². The highest BCUT2D eigenvalue weighted by molar-refractivity contribution is 14.0. The maximum absolute atomic E-state index is 12.0. The zero-order chi connectivity index (χ0) is 22.1. The van der Waals surface area contributed by atoms with Gasteiger partial charge < -0.3 is 26.0 Å². The van der Waals surface area contributed by atoms with Gasteiger partial charge in [0.25, 0.3) is 5.91 Å². The molecule has 0 atom stereocenters. The molecule has 0 radical (unpaired) electrons. The highest BCUT2D eigenvalue weighted by atomic mass is 127. The number of nitrogens with zero attached hydrogens (tertiary/aromatic N) is 1. The van der Waals surface area contributed by atoms with Crippen molar-refractivity contribution < 1.29 is 14.3 Å². The second kappa shape index (κ2) is 12.6. The first-order valence-electron chi connectivity index (χ1n) is 9.72. The largest absolute Gasteiger partial charge is 0.444 e. The zero-order valence-electron chi connectivity index (χ0n) is 19.0. The Morgan fingerprint density at radius 3 is 2.33 bits per heavy atom. The van der Waals surface area contributed by atoms with Crippen molar-refractivity contribution in [2.24, 2.45) is 4.99 Å². The SMILES string of the molecule is CN=C(NCCc1cccc(C(=O)NC)c1)NCC(C)(C)NC(=O)OC(C)(C)C.I. The average Bonchev–Trinajstić information content (AvgIpc) is 2.61. The van der Waals surface area contributed by atoms with Crippen LogP contribution in [0.1, 0.15) is 50.5 Å². The Hall–Kier alpha value is -2.04. The molecule has 0 bridgehead atoms. The molecule has 0 aromatic heterocycles. The normalized spacial score (nSPS) is 11.8. The summed E-state index contributed by atoms with van der Waals surface area (Å²) in [6.07, 6.45) is 0.286. The molecule has 0 fully saturated rings. The molecule has 2 amide bonds. The molecule has 0 aliphatic heterocycles. The molecule has 0 saturated carbocycles. The van der Waals surface area contributed by atoms with E-state index < -0.39 is 17.2 Å². The van der Waals surface area contributed by atoms with Gasteiger partial charge in [-0.15, -0.1) is 24.0 Å². The quantitative estimate of drug-likeness (QED) is 0.245.